The Balaban J connectivity index is 1.68. The maximum atomic E-state index is 14.0. The van der Waals surface area contributed by atoms with Crippen LogP contribution in [0.25, 0.3) is 10.9 Å². The first kappa shape index (κ1) is 15.1. The van der Waals surface area contributed by atoms with Crippen molar-refractivity contribution < 1.29 is 9.18 Å². The number of hydrogen-bond acceptors (Lipinski definition) is 4. The smallest absolute Gasteiger partial charge is 0.270 e. The molecule has 3 heterocycles. The molecule has 5 nitrogen and oxygen atoms in total. The minimum atomic E-state index is -0.336. The van der Waals surface area contributed by atoms with Gasteiger partial charge in [-0.15, -0.1) is 11.3 Å². The number of fused-ring (bicyclic) bond motifs is 2. The third-order valence-electron chi connectivity index (χ3n) is 4.48. The highest BCUT2D eigenvalue weighted by atomic mass is 32.1. The zero-order valence-corrected chi connectivity index (χ0v) is 14.0. The molecule has 4 rings (SSSR count). The van der Waals surface area contributed by atoms with Gasteiger partial charge in [0, 0.05) is 23.2 Å². The van der Waals surface area contributed by atoms with Gasteiger partial charge in [0.2, 0.25) is 0 Å². The molecule has 24 heavy (non-hydrogen) atoms. The molecule has 0 saturated heterocycles. The number of nitrogens with zero attached hydrogens (tertiary/aromatic N) is 2. The summed E-state index contributed by atoms with van der Waals surface area (Å²) in [5, 5.41) is 1.31. The van der Waals surface area contributed by atoms with Gasteiger partial charge >= 0.3 is 0 Å². The van der Waals surface area contributed by atoms with Crippen molar-refractivity contribution in [1.29, 1.82) is 0 Å². The number of benzene rings is 1. The van der Waals surface area contributed by atoms with Crippen LogP contribution in [0.15, 0.2) is 18.2 Å². The lowest BCUT2D eigenvalue weighted by Gasteiger charge is -2.25. The molecule has 3 N–H and O–H groups in total. The number of anilines is 1. The summed E-state index contributed by atoms with van der Waals surface area (Å²) in [6.45, 7) is 3.11. The predicted molar refractivity (Wildman–Crippen MR) is 92.6 cm³/mol. The van der Waals surface area contributed by atoms with Crippen molar-refractivity contribution in [2.24, 2.45) is 0 Å². The summed E-state index contributed by atoms with van der Waals surface area (Å²) >= 11 is 1.42. The van der Waals surface area contributed by atoms with E-state index in [1.807, 2.05) is 6.92 Å². The average molecular weight is 344 g/mol. The third kappa shape index (κ3) is 2.36. The van der Waals surface area contributed by atoms with Crippen molar-refractivity contribution >= 4 is 33.3 Å². The van der Waals surface area contributed by atoms with Crippen LogP contribution in [0.3, 0.4) is 0 Å². The number of amides is 1. The number of nitrogen functional groups attached to an aromatic ring is 1. The molecule has 2 aromatic heterocycles. The number of hydrogen-bond donors (Lipinski definition) is 2. The molecule has 1 aliphatic rings. The molecule has 1 aliphatic heterocycles. The van der Waals surface area contributed by atoms with Crippen molar-refractivity contribution in [3.05, 3.63) is 45.8 Å². The Labute approximate surface area is 142 Å². The Bertz CT molecular complexity index is 946. The fourth-order valence-electron chi connectivity index (χ4n) is 3.23. The Morgan fingerprint density at radius 2 is 2.33 bits per heavy atom. The number of aromatic nitrogens is 2. The van der Waals surface area contributed by atoms with Crippen molar-refractivity contribution in [2.45, 2.75) is 26.3 Å². The van der Waals surface area contributed by atoms with Crippen molar-refractivity contribution in [2.75, 3.05) is 12.3 Å². The van der Waals surface area contributed by atoms with Gasteiger partial charge < -0.3 is 15.6 Å². The highest BCUT2D eigenvalue weighted by Gasteiger charge is 2.26. The van der Waals surface area contributed by atoms with Crippen molar-refractivity contribution in [3.63, 3.8) is 0 Å². The summed E-state index contributed by atoms with van der Waals surface area (Å²) < 4.78 is 14.0. The number of H-pyrrole nitrogens is 1. The van der Waals surface area contributed by atoms with E-state index < -0.39 is 0 Å². The van der Waals surface area contributed by atoms with Crippen molar-refractivity contribution in [1.82, 2.24) is 14.9 Å². The molecule has 0 spiro atoms. The van der Waals surface area contributed by atoms with Crippen LogP contribution < -0.4 is 5.73 Å². The van der Waals surface area contributed by atoms with Crippen LogP contribution in [-0.4, -0.2) is 27.3 Å². The van der Waals surface area contributed by atoms with Crippen LogP contribution in [0.1, 0.15) is 33.5 Å². The quantitative estimate of drug-likeness (QED) is 0.750. The van der Waals surface area contributed by atoms with Crippen LogP contribution in [-0.2, 0) is 19.4 Å². The lowest BCUT2D eigenvalue weighted by Crippen LogP contribution is -2.35. The third-order valence-corrected chi connectivity index (χ3v) is 5.39. The normalized spacial score (nSPS) is 14.2. The maximum Gasteiger partial charge on any atom is 0.270 e. The van der Waals surface area contributed by atoms with Crippen LogP contribution >= 0.6 is 11.3 Å². The van der Waals surface area contributed by atoms with Crippen LogP contribution in [0, 0.1) is 5.82 Å². The molecule has 7 heteroatoms. The van der Waals surface area contributed by atoms with Crippen LogP contribution in [0.4, 0.5) is 9.52 Å². The van der Waals surface area contributed by atoms with Gasteiger partial charge in [-0.05, 0) is 24.1 Å². The molecule has 0 atom stereocenters. The number of rotatable bonds is 2. The second-order valence-electron chi connectivity index (χ2n) is 5.93. The average Bonchev–Trinajstić information content (AvgIpc) is 3.17. The number of thiazole rings is 1. The Kier molecular flexibility index (Phi) is 3.53. The van der Waals surface area contributed by atoms with E-state index in [-0.39, 0.29) is 11.7 Å². The molecule has 1 amide bonds. The fourth-order valence-corrected chi connectivity index (χ4v) is 4.12. The largest absolute Gasteiger partial charge is 0.375 e. The molecule has 1 aromatic carbocycles. The van der Waals surface area contributed by atoms with Gasteiger partial charge in [0.25, 0.3) is 5.91 Å². The molecular formula is C17H17FN4OS. The summed E-state index contributed by atoms with van der Waals surface area (Å²) in [5.74, 6) is -0.456. The SMILES string of the molecule is CCc1ccc(F)c2[nH]c(C(=O)N3CCc4nc(N)sc4C3)cc12. The first-order valence-corrected chi connectivity index (χ1v) is 8.72. The summed E-state index contributed by atoms with van der Waals surface area (Å²) in [7, 11) is 0. The number of nitrogens with one attached hydrogen (secondary N) is 1. The van der Waals surface area contributed by atoms with Gasteiger partial charge in [-0.1, -0.05) is 13.0 Å². The van der Waals surface area contributed by atoms with Gasteiger partial charge in [-0.3, -0.25) is 4.79 Å². The molecule has 0 radical (unpaired) electrons. The van der Waals surface area contributed by atoms with E-state index in [1.54, 1.807) is 17.0 Å². The van der Waals surface area contributed by atoms with E-state index in [2.05, 4.69) is 9.97 Å². The molecule has 0 bridgehead atoms. The van der Waals surface area contributed by atoms with E-state index in [1.165, 1.54) is 17.4 Å². The topological polar surface area (TPSA) is 75.0 Å². The van der Waals surface area contributed by atoms with Crippen molar-refractivity contribution in [3.8, 4) is 0 Å². The minimum absolute atomic E-state index is 0.120. The number of aromatic amines is 1. The Morgan fingerprint density at radius 3 is 3.12 bits per heavy atom. The van der Waals surface area contributed by atoms with E-state index >= 15 is 0 Å². The molecular weight excluding hydrogens is 327 g/mol. The summed E-state index contributed by atoms with van der Waals surface area (Å²) in [5.41, 5.74) is 8.58. The van der Waals surface area contributed by atoms with E-state index in [0.717, 1.165) is 27.9 Å². The summed E-state index contributed by atoms with van der Waals surface area (Å²) in [6, 6.07) is 4.97. The van der Waals surface area contributed by atoms with Crippen LogP contribution in [0.5, 0.6) is 0 Å². The number of carbonyl (C=O) groups is 1. The second-order valence-corrected chi connectivity index (χ2v) is 7.05. The van der Waals surface area contributed by atoms with E-state index in [9.17, 15) is 9.18 Å². The first-order chi connectivity index (χ1) is 11.6. The molecule has 0 saturated carbocycles. The fraction of sp³-hybridized carbons (Fsp3) is 0.294. The summed E-state index contributed by atoms with van der Waals surface area (Å²) in [6.07, 6.45) is 1.49. The summed E-state index contributed by atoms with van der Waals surface area (Å²) in [4.78, 5) is 22.9. The number of halogens is 1. The zero-order chi connectivity index (χ0) is 16.8. The van der Waals surface area contributed by atoms with Crippen LogP contribution in [0.2, 0.25) is 0 Å². The molecule has 124 valence electrons. The van der Waals surface area contributed by atoms with Gasteiger partial charge in [-0.25, -0.2) is 9.37 Å². The molecule has 0 aliphatic carbocycles. The number of nitrogens with two attached hydrogens (primary N) is 1. The number of carbonyl (C=O) groups excluding carboxylic acids is 1. The molecule has 3 aromatic rings. The van der Waals surface area contributed by atoms with Gasteiger partial charge in [-0.2, -0.15) is 0 Å². The predicted octanol–water partition coefficient (Wildman–Crippen LogP) is 3.11. The number of aryl methyl sites for hydroxylation is 1. The minimum Gasteiger partial charge on any atom is -0.375 e. The molecule has 0 unspecified atom stereocenters. The monoisotopic (exact) mass is 344 g/mol. The Hall–Kier alpha value is -2.41. The standard InChI is InChI=1S/C17H17FN4OS/c1-2-9-3-4-11(18)15-10(9)7-13(20-15)16(23)22-6-5-12-14(8-22)24-17(19)21-12/h3-4,7,20H,2,5-6,8H2,1H3,(H2,19,21). The highest BCUT2D eigenvalue weighted by Crippen LogP contribution is 2.28. The van der Waals surface area contributed by atoms with Gasteiger partial charge in [0.1, 0.15) is 11.5 Å². The van der Waals surface area contributed by atoms with Gasteiger partial charge in [0.15, 0.2) is 5.13 Å². The lowest BCUT2D eigenvalue weighted by molar-refractivity contribution is 0.0731. The Morgan fingerprint density at radius 1 is 1.50 bits per heavy atom. The lowest BCUT2D eigenvalue weighted by atomic mass is 10.1. The first-order valence-electron chi connectivity index (χ1n) is 7.90. The van der Waals surface area contributed by atoms with E-state index in [4.69, 9.17) is 5.73 Å². The zero-order valence-electron chi connectivity index (χ0n) is 13.2. The highest BCUT2D eigenvalue weighted by molar-refractivity contribution is 7.15. The maximum absolute atomic E-state index is 14.0. The second kappa shape index (κ2) is 5.59. The van der Waals surface area contributed by atoms with E-state index in [0.29, 0.717) is 35.9 Å². The molecule has 0 fully saturated rings. The van der Waals surface area contributed by atoms with Gasteiger partial charge in [0.05, 0.1) is 17.8 Å².